The molecule has 4 aromatic rings. The lowest BCUT2D eigenvalue weighted by molar-refractivity contribution is 0.102. The highest BCUT2D eigenvalue weighted by Crippen LogP contribution is 2.30. The Morgan fingerprint density at radius 3 is 2.06 bits per heavy atom. The molecule has 34 heavy (non-hydrogen) atoms. The number of benzene rings is 4. The van der Waals surface area contributed by atoms with Crippen molar-refractivity contribution in [1.29, 1.82) is 0 Å². The number of carbonyl (C=O) groups excluding carboxylic acids is 1. The van der Waals surface area contributed by atoms with Gasteiger partial charge in [-0.2, -0.15) is 0 Å². The molecule has 5 rings (SSSR count). The first kappa shape index (κ1) is 22.1. The van der Waals surface area contributed by atoms with Gasteiger partial charge in [0.25, 0.3) is 5.91 Å². The zero-order valence-electron chi connectivity index (χ0n) is 19.4. The predicted octanol–water partition coefficient (Wildman–Crippen LogP) is 6.99. The second-order valence-electron chi connectivity index (χ2n) is 9.02. The average Bonchev–Trinajstić information content (AvgIpc) is 2.91. The molecule has 0 aliphatic carbocycles. The van der Waals surface area contributed by atoms with Crippen LogP contribution in [0.25, 0.3) is 11.1 Å². The summed E-state index contributed by atoms with van der Waals surface area (Å²) in [4.78, 5) is 15.6. The summed E-state index contributed by atoms with van der Waals surface area (Å²) in [6.07, 6.45) is 2.34. The largest absolute Gasteiger partial charge is 0.322 e. The monoisotopic (exact) mass is 446 g/mol. The third kappa shape index (κ3) is 5.27. The number of hydrogen-bond acceptors (Lipinski definition) is 2. The summed E-state index contributed by atoms with van der Waals surface area (Å²) >= 11 is 0. The second kappa shape index (κ2) is 10.5. The molecule has 3 nitrogen and oxygen atoms in total. The molecule has 170 valence electrons. The fourth-order valence-corrected chi connectivity index (χ4v) is 4.85. The van der Waals surface area contributed by atoms with Crippen LogP contribution in [0.1, 0.15) is 40.2 Å². The van der Waals surface area contributed by atoms with Gasteiger partial charge in [0.1, 0.15) is 0 Å². The fourth-order valence-electron chi connectivity index (χ4n) is 4.85. The molecule has 1 aliphatic heterocycles. The van der Waals surface area contributed by atoms with Crippen LogP contribution in [-0.2, 0) is 6.54 Å². The third-order valence-electron chi connectivity index (χ3n) is 6.73. The standard InChI is InChI=1S/C31H30N2O/c34-31(30-14-8-7-13-29(30)27-11-5-2-6-12-27)32-28-17-15-25(16-18-28)26-19-21-33(22-20-26)23-24-9-3-1-4-10-24/h1-18,26H,19-23H2,(H,32,34). The minimum Gasteiger partial charge on any atom is -0.322 e. The number of piperidine rings is 1. The van der Waals surface area contributed by atoms with Crippen molar-refractivity contribution in [3.8, 4) is 11.1 Å². The van der Waals surface area contributed by atoms with E-state index in [2.05, 4.69) is 52.7 Å². The van der Waals surface area contributed by atoms with Crippen molar-refractivity contribution < 1.29 is 4.79 Å². The van der Waals surface area contributed by atoms with E-state index in [9.17, 15) is 4.79 Å². The van der Waals surface area contributed by atoms with E-state index < -0.39 is 0 Å². The number of nitrogens with zero attached hydrogens (tertiary/aromatic N) is 1. The predicted molar refractivity (Wildman–Crippen MR) is 140 cm³/mol. The van der Waals surface area contributed by atoms with Gasteiger partial charge in [-0.25, -0.2) is 0 Å². The summed E-state index contributed by atoms with van der Waals surface area (Å²) in [5.74, 6) is 0.497. The Labute approximate surface area is 202 Å². The summed E-state index contributed by atoms with van der Waals surface area (Å²) in [6, 6.07) is 36.9. The molecule has 0 radical (unpaired) electrons. The zero-order chi connectivity index (χ0) is 23.2. The lowest BCUT2D eigenvalue weighted by atomic mass is 9.89. The summed E-state index contributed by atoms with van der Waals surface area (Å²) in [5.41, 5.74) is 6.25. The maximum atomic E-state index is 13.1. The van der Waals surface area contributed by atoms with E-state index in [1.807, 2.05) is 66.7 Å². The van der Waals surface area contributed by atoms with Gasteiger partial charge in [-0.1, -0.05) is 91.0 Å². The topological polar surface area (TPSA) is 32.3 Å². The van der Waals surface area contributed by atoms with Crippen LogP contribution in [0.15, 0.2) is 109 Å². The molecule has 1 fully saturated rings. The summed E-state index contributed by atoms with van der Waals surface area (Å²) < 4.78 is 0. The maximum absolute atomic E-state index is 13.1. The molecule has 1 amide bonds. The van der Waals surface area contributed by atoms with Crippen molar-refractivity contribution in [3.63, 3.8) is 0 Å². The highest BCUT2D eigenvalue weighted by molar-refractivity contribution is 6.08. The molecule has 1 heterocycles. The highest BCUT2D eigenvalue weighted by Gasteiger charge is 2.21. The third-order valence-corrected chi connectivity index (χ3v) is 6.73. The number of nitrogens with one attached hydrogen (secondary N) is 1. The molecule has 3 heteroatoms. The highest BCUT2D eigenvalue weighted by atomic mass is 16.1. The molecule has 0 spiro atoms. The van der Waals surface area contributed by atoms with Gasteiger partial charge in [-0.15, -0.1) is 0 Å². The van der Waals surface area contributed by atoms with Crippen LogP contribution in [0.2, 0.25) is 0 Å². The molecule has 0 saturated carbocycles. The lowest BCUT2D eigenvalue weighted by Gasteiger charge is -2.32. The van der Waals surface area contributed by atoms with Crippen LogP contribution in [0, 0.1) is 0 Å². The van der Waals surface area contributed by atoms with Gasteiger partial charge >= 0.3 is 0 Å². The Kier molecular flexibility index (Phi) is 6.83. The lowest BCUT2D eigenvalue weighted by Crippen LogP contribution is -2.32. The summed E-state index contributed by atoms with van der Waals surface area (Å²) in [5, 5.41) is 3.09. The van der Waals surface area contributed by atoms with Crippen molar-refractivity contribution in [1.82, 2.24) is 4.90 Å². The van der Waals surface area contributed by atoms with E-state index in [4.69, 9.17) is 0 Å². The first-order valence-electron chi connectivity index (χ1n) is 12.1. The molecule has 0 unspecified atom stereocenters. The first-order chi connectivity index (χ1) is 16.8. The maximum Gasteiger partial charge on any atom is 0.256 e. The van der Waals surface area contributed by atoms with E-state index >= 15 is 0 Å². The average molecular weight is 447 g/mol. The Morgan fingerprint density at radius 1 is 0.735 bits per heavy atom. The zero-order valence-corrected chi connectivity index (χ0v) is 19.4. The SMILES string of the molecule is O=C(Nc1ccc(C2CCN(Cc3ccccc3)CC2)cc1)c1ccccc1-c1ccccc1. The van der Waals surface area contributed by atoms with Crippen LogP contribution in [0.5, 0.6) is 0 Å². The summed E-state index contributed by atoms with van der Waals surface area (Å²) in [6.45, 7) is 3.27. The number of amides is 1. The molecule has 1 N–H and O–H groups in total. The van der Waals surface area contributed by atoms with E-state index in [-0.39, 0.29) is 5.91 Å². The fraction of sp³-hybridized carbons (Fsp3) is 0.194. The first-order valence-corrected chi connectivity index (χ1v) is 12.1. The summed E-state index contributed by atoms with van der Waals surface area (Å²) in [7, 11) is 0. The van der Waals surface area contributed by atoms with Crippen LogP contribution in [0.3, 0.4) is 0 Å². The van der Waals surface area contributed by atoms with Gasteiger partial charge in [0, 0.05) is 17.8 Å². The number of hydrogen-bond donors (Lipinski definition) is 1. The second-order valence-corrected chi connectivity index (χ2v) is 9.02. The van der Waals surface area contributed by atoms with Crippen LogP contribution in [0.4, 0.5) is 5.69 Å². The Balaban J connectivity index is 1.20. The van der Waals surface area contributed by atoms with Gasteiger partial charge in [0.15, 0.2) is 0 Å². The molecule has 0 bridgehead atoms. The van der Waals surface area contributed by atoms with Crippen LogP contribution >= 0.6 is 0 Å². The molecular formula is C31H30N2O. The Bertz CT molecular complexity index is 1210. The van der Waals surface area contributed by atoms with E-state index in [0.29, 0.717) is 11.5 Å². The molecule has 4 aromatic carbocycles. The number of carbonyl (C=O) groups is 1. The van der Waals surface area contributed by atoms with Crippen molar-refractivity contribution in [3.05, 3.63) is 126 Å². The molecule has 1 aliphatic rings. The van der Waals surface area contributed by atoms with Crippen molar-refractivity contribution >= 4 is 11.6 Å². The molecule has 0 aromatic heterocycles. The molecular weight excluding hydrogens is 416 g/mol. The number of anilines is 1. The van der Waals surface area contributed by atoms with Gasteiger partial charge in [0.05, 0.1) is 0 Å². The smallest absolute Gasteiger partial charge is 0.256 e. The van der Waals surface area contributed by atoms with E-state index in [1.54, 1.807) is 0 Å². The van der Waals surface area contributed by atoms with Crippen LogP contribution in [-0.4, -0.2) is 23.9 Å². The van der Waals surface area contributed by atoms with Gasteiger partial charge in [-0.05, 0) is 72.3 Å². The minimum absolute atomic E-state index is 0.0820. The molecule has 0 atom stereocenters. The van der Waals surface area contributed by atoms with Gasteiger partial charge < -0.3 is 5.32 Å². The van der Waals surface area contributed by atoms with Crippen LogP contribution < -0.4 is 5.32 Å². The van der Waals surface area contributed by atoms with Crippen molar-refractivity contribution in [2.24, 2.45) is 0 Å². The minimum atomic E-state index is -0.0820. The normalized spacial score (nSPS) is 14.6. The van der Waals surface area contributed by atoms with E-state index in [1.165, 1.54) is 24.0 Å². The van der Waals surface area contributed by atoms with Crippen molar-refractivity contribution in [2.45, 2.75) is 25.3 Å². The molecule has 1 saturated heterocycles. The number of rotatable bonds is 6. The van der Waals surface area contributed by atoms with Gasteiger partial charge in [-0.3, -0.25) is 9.69 Å². The van der Waals surface area contributed by atoms with E-state index in [0.717, 1.165) is 36.4 Å². The van der Waals surface area contributed by atoms with Gasteiger partial charge in [0.2, 0.25) is 0 Å². The Hall–Kier alpha value is -3.69. The Morgan fingerprint density at radius 2 is 1.35 bits per heavy atom. The van der Waals surface area contributed by atoms with Crippen molar-refractivity contribution in [2.75, 3.05) is 18.4 Å². The number of likely N-dealkylation sites (tertiary alicyclic amines) is 1. The quantitative estimate of drug-likeness (QED) is 0.346.